The van der Waals surface area contributed by atoms with Gasteiger partial charge in [-0.25, -0.2) is 0 Å². The minimum atomic E-state index is -1.01. The van der Waals surface area contributed by atoms with Crippen LogP contribution in [0.1, 0.15) is 27.2 Å². The predicted molar refractivity (Wildman–Crippen MR) is 60.1 cm³/mol. The molecule has 92 valence electrons. The normalized spacial score (nSPS) is 24.3. The number of likely N-dealkylation sites (tertiary alicyclic amines) is 1. The van der Waals surface area contributed by atoms with Gasteiger partial charge in [0.15, 0.2) is 0 Å². The molecule has 1 rings (SSSR count). The molecular formula is C11H20N2O3. The third-order valence-corrected chi connectivity index (χ3v) is 3.01. The highest BCUT2D eigenvalue weighted by Gasteiger charge is 2.36. The highest BCUT2D eigenvalue weighted by molar-refractivity contribution is 5.82. The maximum absolute atomic E-state index is 11.5. The van der Waals surface area contributed by atoms with Gasteiger partial charge in [0.25, 0.3) is 0 Å². The van der Waals surface area contributed by atoms with Crippen molar-refractivity contribution in [3.8, 4) is 0 Å². The summed E-state index contributed by atoms with van der Waals surface area (Å²) in [7, 11) is 0. The van der Waals surface area contributed by atoms with E-state index in [0.717, 1.165) is 13.0 Å². The quantitative estimate of drug-likeness (QED) is 0.726. The fraction of sp³-hybridized carbons (Fsp3) is 0.818. The Morgan fingerprint density at radius 3 is 2.56 bits per heavy atom. The molecule has 0 saturated carbocycles. The summed E-state index contributed by atoms with van der Waals surface area (Å²) in [6.45, 7) is 7.26. The lowest BCUT2D eigenvalue weighted by molar-refractivity contribution is -0.138. The second-order valence-corrected chi connectivity index (χ2v) is 5.17. The predicted octanol–water partition coefficient (Wildman–Crippen LogP) is 0.308. The number of rotatable bonds is 4. The van der Waals surface area contributed by atoms with E-state index in [-0.39, 0.29) is 24.5 Å². The monoisotopic (exact) mass is 228 g/mol. The number of carbonyl (C=O) groups excluding carboxylic acids is 1. The van der Waals surface area contributed by atoms with Gasteiger partial charge < -0.3 is 10.4 Å². The SMILES string of the molecule is CC1CN(CC(=O)NCC(=O)O)C(C)(C)C1. The van der Waals surface area contributed by atoms with Crippen LogP contribution in [0.15, 0.2) is 0 Å². The molecule has 2 N–H and O–H groups in total. The lowest BCUT2D eigenvalue weighted by Gasteiger charge is -2.30. The molecule has 5 nitrogen and oxygen atoms in total. The molecule has 1 aliphatic heterocycles. The van der Waals surface area contributed by atoms with Crippen molar-refractivity contribution in [3.63, 3.8) is 0 Å². The summed E-state index contributed by atoms with van der Waals surface area (Å²) in [5, 5.41) is 10.8. The first-order valence-electron chi connectivity index (χ1n) is 5.55. The summed E-state index contributed by atoms with van der Waals surface area (Å²) in [5.74, 6) is -0.644. The average molecular weight is 228 g/mol. The van der Waals surface area contributed by atoms with Crippen LogP contribution in [0.2, 0.25) is 0 Å². The molecule has 16 heavy (non-hydrogen) atoms. The highest BCUT2D eigenvalue weighted by Crippen LogP contribution is 2.31. The van der Waals surface area contributed by atoms with Crippen LogP contribution in [-0.2, 0) is 9.59 Å². The van der Waals surface area contributed by atoms with Gasteiger partial charge in [0.2, 0.25) is 5.91 Å². The summed E-state index contributed by atoms with van der Waals surface area (Å²) < 4.78 is 0. The van der Waals surface area contributed by atoms with E-state index in [1.54, 1.807) is 0 Å². The number of hydrogen-bond acceptors (Lipinski definition) is 3. The molecule has 0 aliphatic carbocycles. The van der Waals surface area contributed by atoms with Crippen molar-refractivity contribution in [3.05, 3.63) is 0 Å². The maximum Gasteiger partial charge on any atom is 0.322 e. The smallest absolute Gasteiger partial charge is 0.322 e. The Morgan fingerprint density at radius 1 is 1.50 bits per heavy atom. The fourth-order valence-electron chi connectivity index (χ4n) is 2.35. The standard InChI is InChI=1S/C11H20N2O3/c1-8-4-11(2,3)13(6-8)7-9(14)12-5-10(15)16/h8H,4-7H2,1-3H3,(H,12,14)(H,15,16). The van der Waals surface area contributed by atoms with Crippen molar-refractivity contribution in [2.24, 2.45) is 5.92 Å². The van der Waals surface area contributed by atoms with Crippen LogP contribution < -0.4 is 5.32 Å². The molecule has 0 aromatic carbocycles. The van der Waals surface area contributed by atoms with E-state index >= 15 is 0 Å². The first-order valence-corrected chi connectivity index (χ1v) is 5.55. The number of nitrogens with zero attached hydrogens (tertiary/aromatic N) is 1. The molecule has 0 bridgehead atoms. The number of carboxylic acid groups (broad SMARTS) is 1. The summed E-state index contributed by atoms with van der Waals surface area (Å²) in [4.78, 5) is 23.9. The molecule has 1 saturated heterocycles. The largest absolute Gasteiger partial charge is 0.480 e. The second-order valence-electron chi connectivity index (χ2n) is 5.17. The lowest BCUT2D eigenvalue weighted by Crippen LogP contribution is -2.45. The zero-order valence-electron chi connectivity index (χ0n) is 10.1. The van der Waals surface area contributed by atoms with Gasteiger partial charge in [0.05, 0.1) is 6.54 Å². The van der Waals surface area contributed by atoms with Gasteiger partial charge in [-0.15, -0.1) is 0 Å². The van der Waals surface area contributed by atoms with E-state index < -0.39 is 5.97 Å². The van der Waals surface area contributed by atoms with E-state index in [2.05, 4.69) is 31.0 Å². The van der Waals surface area contributed by atoms with Crippen molar-refractivity contribution in [2.45, 2.75) is 32.7 Å². The Morgan fingerprint density at radius 2 is 2.12 bits per heavy atom. The van der Waals surface area contributed by atoms with Crippen LogP contribution >= 0.6 is 0 Å². The first-order chi connectivity index (χ1) is 7.31. The van der Waals surface area contributed by atoms with E-state index in [1.807, 2.05) is 0 Å². The maximum atomic E-state index is 11.5. The zero-order valence-corrected chi connectivity index (χ0v) is 10.1. The molecule has 1 amide bonds. The molecule has 5 heteroatoms. The van der Waals surface area contributed by atoms with E-state index in [0.29, 0.717) is 5.92 Å². The third kappa shape index (κ3) is 3.48. The van der Waals surface area contributed by atoms with Crippen molar-refractivity contribution in [1.29, 1.82) is 0 Å². The van der Waals surface area contributed by atoms with E-state index in [9.17, 15) is 9.59 Å². The van der Waals surface area contributed by atoms with Gasteiger partial charge in [-0.3, -0.25) is 14.5 Å². The number of carbonyl (C=O) groups is 2. The van der Waals surface area contributed by atoms with Gasteiger partial charge in [0.1, 0.15) is 6.54 Å². The van der Waals surface area contributed by atoms with Gasteiger partial charge in [-0.2, -0.15) is 0 Å². The van der Waals surface area contributed by atoms with Crippen LogP contribution in [-0.4, -0.2) is 47.1 Å². The van der Waals surface area contributed by atoms with Gasteiger partial charge >= 0.3 is 5.97 Å². The Bertz CT molecular complexity index is 289. The van der Waals surface area contributed by atoms with Crippen LogP contribution in [0.5, 0.6) is 0 Å². The molecular weight excluding hydrogens is 208 g/mol. The van der Waals surface area contributed by atoms with Crippen LogP contribution in [0, 0.1) is 5.92 Å². The van der Waals surface area contributed by atoms with Crippen molar-refractivity contribution in [1.82, 2.24) is 10.2 Å². The van der Waals surface area contributed by atoms with E-state index in [1.165, 1.54) is 0 Å². The molecule has 0 radical (unpaired) electrons. The fourth-order valence-corrected chi connectivity index (χ4v) is 2.35. The van der Waals surface area contributed by atoms with Crippen molar-refractivity contribution in [2.75, 3.05) is 19.6 Å². The van der Waals surface area contributed by atoms with Gasteiger partial charge in [0, 0.05) is 12.1 Å². The Labute approximate surface area is 95.8 Å². The van der Waals surface area contributed by atoms with Crippen molar-refractivity contribution >= 4 is 11.9 Å². The molecule has 1 fully saturated rings. The molecule has 0 aromatic heterocycles. The highest BCUT2D eigenvalue weighted by atomic mass is 16.4. The van der Waals surface area contributed by atoms with Crippen LogP contribution in [0.25, 0.3) is 0 Å². The molecule has 1 aliphatic rings. The zero-order chi connectivity index (χ0) is 12.3. The van der Waals surface area contributed by atoms with E-state index in [4.69, 9.17) is 5.11 Å². The third-order valence-electron chi connectivity index (χ3n) is 3.01. The summed E-state index contributed by atoms with van der Waals surface area (Å²) in [5.41, 5.74) is 0.0278. The van der Waals surface area contributed by atoms with Crippen LogP contribution in [0.4, 0.5) is 0 Å². The Kier molecular flexibility index (Phi) is 3.91. The first kappa shape index (κ1) is 13.0. The van der Waals surface area contributed by atoms with Gasteiger partial charge in [-0.05, 0) is 26.2 Å². The molecule has 1 heterocycles. The molecule has 0 spiro atoms. The molecule has 0 aromatic rings. The summed E-state index contributed by atoms with van der Waals surface area (Å²) >= 11 is 0. The van der Waals surface area contributed by atoms with Gasteiger partial charge in [-0.1, -0.05) is 6.92 Å². The van der Waals surface area contributed by atoms with Crippen LogP contribution in [0.3, 0.4) is 0 Å². The number of amides is 1. The minimum Gasteiger partial charge on any atom is -0.480 e. The summed E-state index contributed by atoms with van der Waals surface area (Å²) in [6.07, 6.45) is 1.07. The summed E-state index contributed by atoms with van der Waals surface area (Å²) in [6, 6.07) is 0. The lowest BCUT2D eigenvalue weighted by atomic mass is 9.98. The van der Waals surface area contributed by atoms with Crippen molar-refractivity contribution < 1.29 is 14.7 Å². The Balaban J connectivity index is 2.42. The number of carboxylic acids is 1. The minimum absolute atomic E-state index is 0.0278. The number of nitrogens with one attached hydrogen (secondary N) is 1. The number of aliphatic carboxylic acids is 1. The number of hydrogen-bond donors (Lipinski definition) is 2. The second kappa shape index (κ2) is 4.82. The Hall–Kier alpha value is -1.10. The molecule has 1 atom stereocenters. The average Bonchev–Trinajstić information content (AvgIpc) is 2.36. The molecule has 1 unspecified atom stereocenters. The topological polar surface area (TPSA) is 69.6 Å².